The van der Waals surface area contributed by atoms with E-state index in [-0.39, 0.29) is 0 Å². The predicted molar refractivity (Wildman–Crippen MR) is 124 cm³/mol. The second-order valence-corrected chi connectivity index (χ2v) is 10.5. The molecule has 0 spiro atoms. The molecule has 2 fully saturated rings. The summed E-state index contributed by atoms with van der Waals surface area (Å²) in [5.41, 5.74) is 0.486. The Kier molecular flexibility index (Phi) is 9.78. The minimum atomic E-state index is -4.23. The van der Waals surface area contributed by atoms with Gasteiger partial charge in [0.2, 0.25) is 0 Å². The molecule has 2 aliphatic rings. The van der Waals surface area contributed by atoms with E-state index < -0.39 is 11.7 Å². The molecule has 3 rings (SSSR count). The van der Waals surface area contributed by atoms with Crippen molar-refractivity contribution in [3.8, 4) is 0 Å². The number of unbranched alkanes of at least 4 members (excludes halogenated alkanes) is 3. The lowest BCUT2D eigenvalue weighted by atomic mass is 9.68. The number of halogens is 3. The molecule has 0 aliphatic heterocycles. The van der Waals surface area contributed by atoms with Gasteiger partial charge in [-0.25, -0.2) is 0 Å². The summed E-state index contributed by atoms with van der Waals surface area (Å²) >= 11 is 0. The number of alkyl halides is 3. The summed E-state index contributed by atoms with van der Waals surface area (Å²) in [7, 11) is 0. The van der Waals surface area contributed by atoms with Crippen molar-refractivity contribution in [2.45, 2.75) is 116 Å². The molecular formula is C28H43F3. The van der Waals surface area contributed by atoms with E-state index in [4.69, 9.17) is 0 Å². The monoisotopic (exact) mass is 436 g/mol. The first kappa shape index (κ1) is 24.6. The summed E-state index contributed by atoms with van der Waals surface area (Å²) in [6.45, 7) is 2.30. The Morgan fingerprint density at radius 2 is 1.16 bits per heavy atom. The van der Waals surface area contributed by atoms with Gasteiger partial charge < -0.3 is 0 Å². The average molecular weight is 437 g/mol. The molecule has 2 saturated carbocycles. The van der Waals surface area contributed by atoms with Gasteiger partial charge >= 0.3 is 6.18 Å². The number of hydrogen-bond acceptors (Lipinski definition) is 0. The Bertz CT molecular complexity index is 602. The quantitative estimate of drug-likeness (QED) is 0.320. The average Bonchev–Trinajstić information content (AvgIpc) is 2.78. The zero-order chi connectivity index (χ0) is 22.1. The van der Waals surface area contributed by atoms with Crippen molar-refractivity contribution in [3.05, 3.63) is 35.4 Å². The third-order valence-corrected chi connectivity index (χ3v) is 8.27. The van der Waals surface area contributed by atoms with Crippen molar-refractivity contribution in [1.82, 2.24) is 0 Å². The summed E-state index contributed by atoms with van der Waals surface area (Å²) in [6.07, 6.45) is 17.6. The normalized spacial score (nSPS) is 27.4. The molecule has 0 unspecified atom stereocenters. The van der Waals surface area contributed by atoms with Crippen LogP contribution in [0, 0.1) is 23.7 Å². The van der Waals surface area contributed by atoms with Gasteiger partial charge in [-0.1, -0.05) is 83.3 Å². The van der Waals surface area contributed by atoms with Gasteiger partial charge in [-0.15, -0.1) is 0 Å². The van der Waals surface area contributed by atoms with Crippen LogP contribution in [0.3, 0.4) is 0 Å². The van der Waals surface area contributed by atoms with Crippen LogP contribution >= 0.6 is 0 Å². The van der Waals surface area contributed by atoms with Crippen molar-refractivity contribution < 1.29 is 13.2 Å². The van der Waals surface area contributed by atoms with E-state index in [0.29, 0.717) is 0 Å². The van der Waals surface area contributed by atoms with Crippen LogP contribution in [-0.2, 0) is 12.6 Å². The number of rotatable bonds is 10. The first-order valence-electron chi connectivity index (χ1n) is 13.1. The van der Waals surface area contributed by atoms with Crippen molar-refractivity contribution in [2.24, 2.45) is 23.7 Å². The van der Waals surface area contributed by atoms with Crippen molar-refractivity contribution in [2.75, 3.05) is 0 Å². The van der Waals surface area contributed by atoms with Crippen LogP contribution in [0.25, 0.3) is 0 Å². The van der Waals surface area contributed by atoms with Gasteiger partial charge in [0.15, 0.2) is 0 Å². The van der Waals surface area contributed by atoms with Crippen LogP contribution < -0.4 is 0 Å². The molecule has 0 atom stereocenters. The topological polar surface area (TPSA) is 0 Å². The van der Waals surface area contributed by atoms with Gasteiger partial charge in [0.25, 0.3) is 0 Å². The van der Waals surface area contributed by atoms with Crippen LogP contribution in [0.4, 0.5) is 13.2 Å². The minimum absolute atomic E-state index is 0.544. The summed E-state index contributed by atoms with van der Waals surface area (Å²) in [5.74, 6) is 3.89. The van der Waals surface area contributed by atoms with Gasteiger partial charge in [0, 0.05) is 0 Å². The van der Waals surface area contributed by atoms with Gasteiger partial charge in [-0.3, -0.25) is 0 Å². The molecule has 1 aromatic rings. The zero-order valence-electron chi connectivity index (χ0n) is 19.6. The highest BCUT2D eigenvalue weighted by atomic mass is 19.4. The highest BCUT2D eigenvalue weighted by molar-refractivity contribution is 5.24. The molecular weight excluding hydrogens is 393 g/mol. The molecule has 0 bridgehead atoms. The summed E-state index contributed by atoms with van der Waals surface area (Å²) in [5, 5.41) is 0. The van der Waals surface area contributed by atoms with E-state index >= 15 is 0 Å². The summed E-state index contributed by atoms with van der Waals surface area (Å²) in [6, 6.07) is 5.73. The minimum Gasteiger partial charge on any atom is -0.166 e. The fraction of sp³-hybridized carbons (Fsp3) is 0.786. The molecule has 176 valence electrons. The molecule has 0 aromatic heterocycles. The lowest BCUT2D eigenvalue weighted by molar-refractivity contribution is -0.137. The Hall–Kier alpha value is -0.990. The lowest BCUT2D eigenvalue weighted by Gasteiger charge is -2.38. The van der Waals surface area contributed by atoms with Crippen LogP contribution in [0.2, 0.25) is 0 Å². The molecule has 0 N–H and O–H groups in total. The fourth-order valence-electron chi connectivity index (χ4n) is 6.20. The van der Waals surface area contributed by atoms with E-state index in [1.165, 1.54) is 102 Å². The molecule has 0 heterocycles. The maximum absolute atomic E-state index is 12.7. The molecule has 3 heteroatoms. The van der Waals surface area contributed by atoms with Crippen LogP contribution in [0.1, 0.15) is 114 Å². The third-order valence-electron chi connectivity index (χ3n) is 8.27. The molecule has 0 radical (unpaired) electrons. The highest BCUT2D eigenvalue weighted by Gasteiger charge is 2.31. The predicted octanol–water partition coefficient (Wildman–Crippen LogP) is 9.61. The van der Waals surface area contributed by atoms with Crippen molar-refractivity contribution in [1.29, 1.82) is 0 Å². The summed E-state index contributed by atoms with van der Waals surface area (Å²) in [4.78, 5) is 0. The standard InChI is InChI=1S/C28H43F3/c1-2-3-4-7-22-10-16-25(17-11-22)26-18-12-23(13-19-26)8-5-6-9-24-14-20-27(21-15-24)28(29,30)31/h14-15,20-23,25-26H,2-13,16-19H2,1H3/t22-,23-,25-,26-. The number of benzene rings is 1. The number of aryl methyl sites for hydroxylation is 1. The van der Waals surface area contributed by atoms with Gasteiger partial charge in [0.1, 0.15) is 0 Å². The Morgan fingerprint density at radius 1 is 0.677 bits per heavy atom. The first-order valence-corrected chi connectivity index (χ1v) is 13.1. The van der Waals surface area contributed by atoms with Gasteiger partial charge in [-0.2, -0.15) is 13.2 Å². The molecule has 0 amide bonds. The third kappa shape index (κ3) is 8.13. The van der Waals surface area contributed by atoms with Crippen LogP contribution in [0.15, 0.2) is 24.3 Å². The molecule has 2 aliphatic carbocycles. The largest absolute Gasteiger partial charge is 0.416 e. The highest BCUT2D eigenvalue weighted by Crippen LogP contribution is 2.43. The molecule has 0 nitrogen and oxygen atoms in total. The van der Waals surface area contributed by atoms with Crippen LogP contribution in [-0.4, -0.2) is 0 Å². The molecule has 1 aromatic carbocycles. The van der Waals surface area contributed by atoms with Crippen molar-refractivity contribution >= 4 is 0 Å². The Balaban J connectivity index is 1.26. The van der Waals surface area contributed by atoms with Crippen LogP contribution in [0.5, 0.6) is 0 Å². The van der Waals surface area contributed by atoms with Crippen molar-refractivity contribution in [3.63, 3.8) is 0 Å². The first-order chi connectivity index (χ1) is 15.0. The lowest BCUT2D eigenvalue weighted by Crippen LogP contribution is -2.25. The smallest absolute Gasteiger partial charge is 0.166 e. The van der Waals surface area contributed by atoms with E-state index in [9.17, 15) is 13.2 Å². The van der Waals surface area contributed by atoms with E-state index in [1.54, 1.807) is 12.1 Å². The second-order valence-electron chi connectivity index (χ2n) is 10.5. The zero-order valence-corrected chi connectivity index (χ0v) is 19.6. The maximum Gasteiger partial charge on any atom is 0.416 e. The van der Waals surface area contributed by atoms with E-state index in [1.807, 2.05) is 0 Å². The maximum atomic E-state index is 12.7. The van der Waals surface area contributed by atoms with E-state index in [2.05, 4.69) is 6.92 Å². The Labute approximate surface area is 188 Å². The fourth-order valence-corrected chi connectivity index (χ4v) is 6.20. The molecule has 31 heavy (non-hydrogen) atoms. The van der Waals surface area contributed by atoms with E-state index in [0.717, 1.165) is 42.1 Å². The SMILES string of the molecule is CCCCC[C@H]1CC[C@H]([C@H]2CC[C@H](CCCCc3ccc(C(F)(F)F)cc3)CC2)CC1. The van der Waals surface area contributed by atoms with Gasteiger partial charge in [0.05, 0.1) is 5.56 Å². The second kappa shape index (κ2) is 12.3. The Morgan fingerprint density at radius 3 is 1.61 bits per heavy atom. The summed E-state index contributed by atoms with van der Waals surface area (Å²) < 4.78 is 38.0. The van der Waals surface area contributed by atoms with Gasteiger partial charge in [-0.05, 0) is 79.9 Å². The number of hydrogen-bond donors (Lipinski definition) is 0. The molecule has 0 saturated heterocycles.